The quantitative estimate of drug-likeness (QED) is 0.495. The van der Waals surface area contributed by atoms with Crippen molar-refractivity contribution >= 4 is 43.5 Å². The summed E-state index contributed by atoms with van der Waals surface area (Å²) in [6.45, 7) is 6.95. The number of rotatable bonds is 6. The van der Waals surface area contributed by atoms with Crippen LogP contribution in [-0.2, 0) is 26.1 Å². The molecule has 2 aromatic rings. The number of benzene rings is 1. The maximum Gasteiger partial charge on any atom is 0.338 e. The molecule has 0 aliphatic carbocycles. The lowest BCUT2D eigenvalue weighted by molar-refractivity contribution is -0.122. The molecule has 3 rings (SSSR count). The van der Waals surface area contributed by atoms with Crippen LogP contribution in [-0.4, -0.2) is 55.1 Å². The summed E-state index contributed by atoms with van der Waals surface area (Å²) in [5.41, 5.74) is 1.30. The number of allylic oxidation sites excluding steroid dienone is 1. The molecule has 1 aromatic carbocycles. The number of piperidine rings is 1. The molecular weight excluding hydrogens is 426 g/mol. The van der Waals surface area contributed by atoms with Gasteiger partial charge < -0.3 is 9.30 Å². The molecule has 0 radical (unpaired) electrons. The molecule has 1 aliphatic heterocycles. The lowest BCUT2D eigenvalue weighted by atomic mass is 9.98. The first-order chi connectivity index (χ1) is 14.2. The van der Waals surface area contributed by atoms with Gasteiger partial charge in [0.05, 0.1) is 28.6 Å². The van der Waals surface area contributed by atoms with Crippen LogP contribution in [0.15, 0.2) is 35.8 Å². The van der Waals surface area contributed by atoms with Crippen LogP contribution in [0.1, 0.15) is 30.1 Å². The molecule has 1 saturated heterocycles. The topological polar surface area (TPSA) is 98.0 Å². The number of hydrogen-bond acceptors (Lipinski definition) is 6. The Hall–Kier alpha value is -2.30. The zero-order valence-electron chi connectivity index (χ0n) is 17.0. The predicted molar refractivity (Wildman–Crippen MR) is 116 cm³/mol. The third kappa shape index (κ3) is 4.88. The molecule has 0 atom stereocenters. The number of aromatic nitrogens is 1. The number of carbonyl (C=O) groups excluding carboxylic acids is 2. The average Bonchev–Trinajstić information content (AvgIpc) is 3.04. The molecule has 0 spiro atoms. The van der Waals surface area contributed by atoms with Crippen molar-refractivity contribution in [1.82, 2.24) is 8.87 Å². The fraction of sp³-hybridized carbons (Fsp3) is 0.450. The van der Waals surface area contributed by atoms with Gasteiger partial charge in [0.25, 0.3) is 5.91 Å². The maximum absolute atomic E-state index is 12.8. The number of sulfonamides is 1. The van der Waals surface area contributed by atoms with E-state index in [1.807, 2.05) is 10.6 Å². The Bertz CT molecular complexity index is 1140. The fourth-order valence-electron chi connectivity index (χ4n) is 3.43. The Morgan fingerprint density at radius 3 is 2.63 bits per heavy atom. The van der Waals surface area contributed by atoms with E-state index in [2.05, 4.69) is 11.6 Å². The monoisotopic (exact) mass is 451 g/mol. The van der Waals surface area contributed by atoms with Gasteiger partial charge in [-0.05, 0) is 38.0 Å². The number of fused-ring (bicyclic) bond motifs is 1. The first kappa shape index (κ1) is 22.4. The van der Waals surface area contributed by atoms with Crippen LogP contribution in [0.5, 0.6) is 0 Å². The summed E-state index contributed by atoms with van der Waals surface area (Å²) in [5, 5.41) is 0. The highest BCUT2D eigenvalue weighted by molar-refractivity contribution is 7.88. The Labute approximate surface area is 179 Å². The van der Waals surface area contributed by atoms with Crippen LogP contribution in [0.2, 0.25) is 0 Å². The lowest BCUT2D eigenvalue weighted by Gasteiger charge is -2.28. The van der Waals surface area contributed by atoms with Crippen molar-refractivity contribution in [3.05, 3.63) is 41.2 Å². The molecule has 0 N–H and O–H groups in total. The Balaban J connectivity index is 1.91. The van der Waals surface area contributed by atoms with Gasteiger partial charge in [0, 0.05) is 25.6 Å². The first-order valence-electron chi connectivity index (χ1n) is 9.69. The highest BCUT2D eigenvalue weighted by atomic mass is 32.2. The number of hydrogen-bond donors (Lipinski definition) is 0. The molecule has 1 amide bonds. The van der Waals surface area contributed by atoms with Gasteiger partial charge in [-0.3, -0.25) is 4.79 Å². The summed E-state index contributed by atoms with van der Waals surface area (Å²) in [4.78, 5) is 29.7. The van der Waals surface area contributed by atoms with Crippen LogP contribution in [0.3, 0.4) is 0 Å². The van der Waals surface area contributed by atoms with Crippen LogP contribution in [0.4, 0.5) is 0 Å². The molecule has 30 heavy (non-hydrogen) atoms. The average molecular weight is 452 g/mol. The second-order valence-electron chi connectivity index (χ2n) is 7.07. The van der Waals surface area contributed by atoms with E-state index < -0.39 is 16.0 Å². The minimum Gasteiger partial charge on any atom is -0.462 e. The van der Waals surface area contributed by atoms with E-state index in [0.29, 0.717) is 49.4 Å². The minimum atomic E-state index is -3.24. The molecule has 1 aromatic heterocycles. The van der Waals surface area contributed by atoms with Gasteiger partial charge in [0.1, 0.15) is 0 Å². The van der Waals surface area contributed by atoms with Crippen molar-refractivity contribution < 1.29 is 22.7 Å². The van der Waals surface area contributed by atoms with Crippen LogP contribution < -0.4 is 4.80 Å². The fourth-order valence-corrected chi connectivity index (χ4v) is 5.38. The van der Waals surface area contributed by atoms with Crippen molar-refractivity contribution in [3.63, 3.8) is 0 Å². The number of amides is 1. The number of ether oxygens (including phenoxy) is 1. The van der Waals surface area contributed by atoms with E-state index in [0.717, 1.165) is 10.2 Å². The van der Waals surface area contributed by atoms with E-state index >= 15 is 0 Å². The van der Waals surface area contributed by atoms with Gasteiger partial charge >= 0.3 is 5.97 Å². The van der Waals surface area contributed by atoms with Crippen molar-refractivity contribution in [1.29, 1.82) is 0 Å². The summed E-state index contributed by atoms with van der Waals surface area (Å²) >= 11 is 1.32. The van der Waals surface area contributed by atoms with Crippen LogP contribution in [0.25, 0.3) is 10.2 Å². The van der Waals surface area contributed by atoms with Gasteiger partial charge in [-0.25, -0.2) is 17.5 Å². The second-order valence-corrected chi connectivity index (χ2v) is 10.1. The molecule has 0 unspecified atom stereocenters. The highest BCUT2D eigenvalue weighted by Gasteiger charge is 2.29. The van der Waals surface area contributed by atoms with Crippen molar-refractivity contribution in [3.8, 4) is 0 Å². The van der Waals surface area contributed by atoms with Crippen molar-refractivity contribution in [2.24, 2.45) is 10.9 Å². The summed E-state index contributed by atoms with van der Waals surface area (Å²) in [6, 6.07) is 5.25. The summed E-state index contributed by atoms with van der Waals surface area (Å²) < 4.78 is 32.5. The number of carbonyl (C=O) groups is 2. The first-order valence-corrected chi connectivity index (χ1v) is 12.4. The van der Waals surface area contributed by atoms with Gasteiger partial charge in [0.15, 0.2) is 4.80 Å². The zero-order chi connectivity index (χ0) is 21.9. The maximum atomic E-state index is 12.8. The molecular formula is C20H25N3O5S2. The van der Waals surface area contributed by atoms with E-state index in [1.165, 1.54) is 21.9 Å². The van der Waals surface area contributed by atoms with Crippen molar-refractivity contribution in [2.75, 3.05) is 26.0 Å². The van der Waals surface area contributed by atoms with E-state index in [1.54, 1.807) is 25.1 Å². The SMILES string of the molecule is C=CCn1c(=NC(=O)C2CCN(S(C)(=O)=O)CC2)sc2cc(C(=O)OCC)ccc21. The number of thiazole rings is 1. The molecule has 1 fully saturated rings. The number of nitrogens with zero attached hydrogens (tertiary/aromatic N) is 3. The predicted octanol–water partition coefficient (Wildman–Crippen LogP) is 2.16. The zero-order valence-corrected chi connectivity index (χ0v) is 18.7. The van der Waals surface area contributed by atoms with E-state index in [4.69, 9.17) is 4.74 Å². The normalized spacial score (nSPS) is 16.7. The smallest absolute Gasteiger partial charge is 0.338 e. The summed E-state index contributed by atoms with van der Waals surface area (Å²) in [5.74, 6) is -0.950. The van der Waals surface area contributed by atoms with Crippen molar-refractivity contribution in [2.45, 2.75) is 26.3 Å². The highest BCUT2D eigenvalue weighted by Crippen LogP contribution is 2.22. The molecule has 162 valence electrons. The standard InChI is InChI=1S/C20H25N3O5S2/c1-4-10-23-16-7-6-15(19(25)28-5-2)13-17(16)29-20(23)21-18(24)14-8-11-22(12-9-14)30(3,26)27/h4,6-7,13-14H,1,5,8-12H2,2-3H3. The molecule has 8 nitrogen and oxygen atoms in total. The summed E-state index contributed by atoms with van der Waals surface area (Å²) in [7, 11) is -3.24. The van der Waals surface area contributed by atoms with Gasteiger partial charge in [-0.1, -0.05) is 17.4 Å². The van der Waals surface area contributed by atoms with E-state index in [-0.39, 0.29) is 11.8 Å². The minimum absolute atomic E-state index is 0.252. The largest absolute Gasteiger partial charge is 0.462 e. The lowest BCUT2D eigenvalue weighted by Crippen LogP contribution is -2.39. The molecule has 2 heterocycles. The Morgan fingerprint density at radius 2 is 2.03 bits per heavy atom. The van der Waals surface area contributed by atoms with E-state index in [9.17, 15) is 18.0 Å². The third-order valence-electron chi connectivity index (χ3n) is 4.98. The van der Waals surface area contributed by atoms with Gasteiger partial charge in [-0.15, -0.1) is 6.58 Å². The third-order valence-corrected chi connectivity index (χ3v) is 7.33. The second kappa shape index (κ2) is 9.23. The van der Waals surface area contributed by atoms with Gasteiger partial charge in [0.2, 0.25) is 10.0 Å². The Kier molecular flexibility index (Phi) is 6.89. The van der Waals surface area contributed by atoms with Crippen LogP contribution in [0, 0.1) is 5.92 Å². The Morgan fingerprint density at radius 1 is 1.33 bits per heavy atom. The molecule has 10 heteroatoms. The number of esters is 1. The molecule has 0 bridgehead atoms. The molecule has 1 aliphatic rings. The molecule has 0 saturated carbocycles. The summed E-state index contributed by atoms with van der Waals surface area (Å²) in [6.07, 6.45) is 3.81. The van der Waals surface area contributed by atoms with Gasteiger partial charge in [-0.2, -0.15) is 4.99 Å². The van der Waals surface area contributed by atoms with Crippen LogP contribution >= 0.6 is 11.3 Å².